The van der Waals surface area contributed by atoms with E-state index in [1.54, 1.807) is 0 Å². The molecule has 4 heteroatoms. The number of amides is 1. The van der Waals surface area contributed by atoms with Crippen LogP contribution in [0.1, 0.15) is 38.2 Å². The van der Waals surface area contributed by atoms with E-state index in [1.807, 2.05) is 6.07 Å². The van der Waals surface area contributed by atoms with Gasteiger partial charge in [0.2, 0.25) is 5.91 Å². The number of rotatable bonds is 3. The molecule has 1 fully saturated rings. The maximum atomic E-state index is 11.4. The van der Waals surface area contributed by atoms with Gasteiger partial charge >= 0.3 is 0 Å². The summed E-state index contributed by atoms with van der Waals surface area (Å²) in [6.07, 6.45) is 3.07. The van der Waals surface area contributed by atoms with Gasteiger partial charge in [0, 0.05) is 12.5 Å². The summed E-state index contributed by atoms with van der Waals surface area (Å²) in [4.78, 5) is 13.6. The van der Waals surface area contributed by atoms with E-state index in [-0.39, 0.29) is 11.4 Å². The van der Waals surface area contributed by atoms with Gasteiger partial charge in [0.25, 0.3) is 0 Å². The zero-order chi connectivity index (χ0) is 15.5. The second kappa shape index (κ2) is 5.87. The molecule has 1 aromatic rings. The number of nitriles is 1. The van der Waals surface area contributed by atoms with Gasteiger partial charge in [-0.1, -0.05) is 30.3 Å². The Kier molecular flexibility index (Phi) is 4.34. The summed E-state index contributed by atoms with van der Waals surface area (Å²) in [5, 5.41) is 12.3. The van der Waals surface area contributed by atoms with Crippen LogP contribution in [0.5, 0.6) is 0 Å². The van der Waals surface area contributed by atoms with Crippen molar-refractivity contribution in [1.82, 2.24) is 10.2 Å². The minimum atomic E-state index is -0.708. The summed E-state index contributed by atoms with van der Waals surface area (Å²) >= 11 is 0. The van der Waals surface area contributed by atoms with Gasteiger partial charge in [-0.3, -0.25) is 9.69 Å². The zero-order valence-corrected chi connectivity index (χ0v) is 13.0. The van der Waals surface area contributed by atoms with Crippen LogP contribution in [0.25, 0.3) is 0 Å². The van der Waals surface area contributed by atoms with Crippen LogP contribution in [0.4, 0.5) is 0 Å². The fourth-order valence-corrected chi connectivity index (χ4v) is 3.43. The molecule has 1 N–H and O–H groups in total. The molecule has 0 radical (unpaired) electrons. The van der Waals surface area contributed by atoms with E-state index in [0.717, 1.165) is 12.8 Å². The molecule has 0 atom stereocenters. The minimum absolute atomic E-state index is 0.0555. The van der Waals surface area contributed by atoms with Crippen molar-refractivity contribution in [2.24, 2.45) is 0 Å². The van der Waals surface area contributed by atoms with Gasteiger partial charge in [-0.15, -0.1) is 0 Å². The van der Waals surface area contributed by atoms with E-state index >= 15 is 0 Å². The van der Waals surface area contributed by atoms with Crippen LogP contribution in [0, 0.1) is 11.3 Å². The SMILES string of the molecule is CC(=O)NC1(C#N)CCC(c2ccccc2)(N(C)C)CC1. The molecular formula is C17H23N3O. The van der Waals surface area contributed by atoms with E-state index in [1.165, 1.54) is 12.5 Å². The standard InChI is InChI=1S/C17H23N3O/c1-14(21)19-16(13-18)9-11-17(12-10-16,20(2)3)15-7-5-4-6-8-15/h4-8H,9-12H2,1-3H3,(H,19,21). The van der Waals surface area contributed by atoms with Crippen LogP contribution >= 0.6 is 0 Å². The van der Waals surface area contributed by atoms with Gasteiger partial charge in [-0.25, -0.2) is 0 Å². The molecule has 0 saturated heterocycles. The Morgan fingerprint density at radius 1 is 1.19 bits per heavy atom. The van der Waals surface area contributed by atoms with E-state index in [0.29, 0.717) is 12.8 Å². The molecule has 1 saturated carbocycles. The molecule has 112 valence electrons. The van der Waals surface area contributed by atoms with Gasteiger partial charge < -0.3 is 5.32 Å². The lowest BCUT2D eigenvalue weighted by molar-refractivity contribution is -0.121. The Bertz CT molecular complexity index is 537. The normalized spacial score (nSPS) is 28.9. The fourth-order valence-electron chi connectivity index (χ4n) is 3.43. The van der Waals surface area contributed by atoms with Crippen LogP contribution in [0.3, 0.4) is 0 Å². The van der Waals surface area contributed by atoms with Gasteiger partial charge in [-0.2, -0.15) is 5.26 Å². The first-order valence-corrected chi connectivity index (χ1v) is 7.37. The van der Waals surface area contributed by atoms with Crippen LogP contribution in [-0.4, -0.2) is 30.4 Å². The molecule has 0 bridgehead atoms. The average Bonchev–Trinajstić information content (AvgIpc) is 2.48. The number of carbonyl (C=O) groups is 1. The molecule has 2 rings (SSSR count). The highest BCUT2D eigenvalue weighted by molar-refractivity contribution is 5.74. The number of nitrogens with one attached hydrogen (secondary N) is 1. The summed E-state index contributed by atoms with van der Waals surface area (Å²) in [6.45, 7) is 1.48. The smallest absolute Gasteiger partial charge is 0.218 e. The number of hydrogen-bond acceptors (Lipinski definition) is 3. The lowest BCUT2D eigenvalue weighted by Crippen LogP contribution is -2.55. The fraction of sp³-hybridized carbons (Fsp3) is 0.529. The molecular weight excluding hydrogens is 262 g/mol. The molecule has 0 unspecified atom stereocenters. The highest BCUT2D eigenvalue weighted by atomic mass is 16.1. The van der Waals surface area contributed by atoms with Crippen LogP contribution in [0.15, 0.2) is 30.3 Å². The van der Waals surface area contributed by atoms with Gasteiger partial charge in [0.05, 0.1) is 6.07 Å². The van der Waals surface area contributed by atoms with Crippen molar-refractivity contribution in [2.75, 3.05) is 14.1 Å². The third-order valence-corrected chi connectivity index (χ3v) is 4.73. The molecule has 0 spiro atoms. The first-order chi connectivity index (χ1) is 9.94. The number of hydrogen-bond donors (Lipinski definition) is 1. The van der Waals surface area contributed by atoms with Crippen LogP contribution < -0.4 is 5.32 Å². The summed E-state index contributed by atoms with van der Waals surface area (Å²) in [6, 6.07) is 12.8. The Balaban J connectivity index is 2.27. The molecule has 1 aliphatic rings. The lowest BCUT2D eigenvalue weighted by atomic mass is 9.69. The number of benzene rings is 1. The van der Waals surface area contributed by atoms with Crippen LogP contribution in [0.2, 0.25) is 0 Å². The monoisotopic (exact) mass is 285 g/mol. The van der Waals surface area contributed by atoms with Crippen molar-refractivity contribution in [3.8, 4) is 6.07 Å². The second-order valence-electron chi connectivity index (χ2n) is 6.17. The molecule has 0 aliphatic heterocycles. The van der Waals surface area contributed by atoms with Crippen molar-refractivity contribution < 1.29 is 4.79 Å². The predicted molar refractivity (Wildman–Crippen MR) is 82.4 cm³/mol. The molecule has 21 heavy (non-hydrogen) atoms. The van der Waals surface area contributed by atoms with Crippen molar-refractivity contribution in [3.05, 3.63) is 35.9 Å². The first kappa shape index (κ1) is 15.5. The van der Waals surface area contributed by atoms with Gasteiger partial charge in [0.15, 0.2) is 0 Å². The van der Waals surface area contributed by atoms with E-state index < -0.39 is 5.54 Å². The summed E-state index contributed by atoms with van der Waals surface area (Å²) in [5.41, 5.74) is 0.518. The van der Waals surface area contributed by atoms with E-state index in [2.05, 4.69) is 54.6 Å². The van der Waals surface area contributed by atoms with E-state index in [9.17, 15) is 10.1 Å². The topological polar surface area (TPSA) is 56.1 Å². The third-order valence-electron chi connectivity index (χ3n) is 4.73. The maximum absolute atomic E-state index is 11.4. The Labute approximate surface area is 126 Å². The number of carbonyl (C=O) groups excluding carboxylic acids is 1. The summed E-state index contributed by atoms with van der Waals surface area (Å²) in [5.74, 6) is -0.131. The van der Waals surface area contributed by atoms with Crippen molar-refractivity contribution in [3.63, 3.8) is 0 Å². The van der Waals surface area contributed by atoms with Gasteiger partial charge in [0.1, 0.15) is 5.54 Å². The Morgan fingerprint density at radius 3 is 2.19 bits per heavy atom. The second-order valence-corrected chi connectivity index (χ2v) is 6.17. The molecule has 4 nitrogen and oxygen atoms in total. The Morgan fingerprint density at radius 2 is 1.76 bits per heavy atom. The first-order valence-electron chi connectivity index (χ1n) is 7.37. The van der Waals surface area contributed by atoms with E-state index in [4.69, 9.17) is 0 Å². The molecule has 1 aliphatic carbocycles. The summed E-state index contributed by atoms with van der Waals surface area (Å²) in [7, 11) is 4.18. The molecule has 0 heterocycles. The maximum Gasteiger partial charge on any atom is 0.218 e. The quantitative estimate of drug-likeness (QED) is 0.928. The molecule has 0 aromatic heterocycles. The van der Waals surface area contributed by atoms with Crippen molar-refractivity contribution >= 4 is 5.91 Å². The lowest BCUT2D eigenvalue weighted by Gasteiger charge is -2.48. The Hall–Kier alpha value is -1.86. The highest BCUT2D eigenvalue weighted by Gasteiger charge is 2.45. The van der Waals surface area contributed by atoms with Crippen molar-refractivity contribution in [1.29, 1.82) is 5.26 Å². The van der Waals surface area contributed by atoms with Crippen molar-refractivity contribution in [2.45, 2.75) is 43.7 Å². The largest absolute Gasteiger partial charge is 0.338 e. The molecule has 1 aromatic carbocycles. The third kappa shape index (κ3) is 2.93. The number of nitrogens with zero attached hydrogens (tertiary/aromatic N) is 2. The average molecular weight is 285 g/mol. The molecule has 1 amide bonds. The zero-order valence-electron chi connectivity index (χ0n) is 13.0. The van der Waals surface area contributed by atoms with Crippen LogP contribution in [-0.2, 0) is 10.3 Å². The predicted octanol–water partition coefficient (Wildman–Crippen LogP) is 2.42. The minimum Gasteiger partial charge on any atom is -0.338 e. The van der Waals surface area contributed by atoms with Gasteiger partial charge in [-0.05, 0) is 45.3 Å². The highest BCUT2D eigenvalue weighted by Crippen LogP contribution is 2.44. The summed E-state index contributed by atoms with van der Waals surface area (Å²) < 4.78 is 0.